The van der Waals surface area contributed by atoms with Crippen molar-refractivity contribution in [3.05, 3.63) is 29.3 Å². The smallest absolute Gasteiger partial charge is 0.119 e. The van der Waals surface area contributed by atoms with E-state index in [-0.39, 0.29) is 0 Å². The summed E-state index contributed by atoms with van der Waals surface area (Å²) in [5.74, 6) is 1.92. The van der Waals surface area contributed by atoms with Crippen LogP contribution in [-0.4, -0.2) is 19.2 Å². The molecule has 1 saturated carbocycles. The lowest BCUT2D eigenvalue weighted by Crippen LogP contribution is -2.41. The van der Waals surface area contributed by atoms with Gasteiger partial charge in [0.15, 0.2) is 0 Å². The Morgan fingerprint density at radius 1 is 1.00 bits per heavy atom. The van der Waals surface area contributed by atoms with E-state index in [1.165, 1.54) is 62.5 Å². The normalized spacial score (nSPS) is 29.5. The van der Waals surface area contributed by atoms with Crippen molar-refractivity contribution in [1.29, 1.82) is 0 Å². The van der Waals surface area contributed by atoms with E-state index < -0.39 is 0 Å². The highest BCUT2D eigenvalue weighted by Crippen LogP contribution is 2.28. The van der Waals surface area contributed by atoms with Gasteiger partial charge in [-0.25, -0.2) is 0 Å². The monoisotopic (exact) mass is 287 g/mol. The van der Waals surface area contributed by atoms with Crippen molar-refractivity contribution in [3.63, 3.8) is 0 Å². The molecule has 0 saturated heterocycles. The zero-order valence-corrected chi connectivity index (χ0v) is 13.5. The van der Waals surface area contributed by atoms with Crippen LogP contribution in [-0.2, 0) is 12.8 Å². The van der Waals surface area contributed by atoms with E-state index >= 15 is 0 Å². The zero-order chi connectivity index (χ0) is 14.7. The summed E-state index contributed by atoms with van der Waals surface area (Å²) in [5.41, 5.74) is 3.00. The fourth-order valence-electron chi connectivity index (χ4n) is 3.99. The van der Waals surface area contributed by atoms with E-state index in [1.54, 1.807) is 7.11 Å². The van der Waals surface area contributed by atoms with E-state index in [1.807, 2.05) is 0 Å². The Balaban J connectivity index is 1.60. The molecule has 1 aromatic rings. The van der Waals surface area contributed by atoms with E-state index in [0.717, 1.165) is 17.7 Å². The van der Waals surface area contributed by atoms with Gasteiger partial charge in [-0.15, -0.1) is 0 Å². The average molecular weight is 287 g/mol. The van der Waals surface area contributed by atoms with Crippen LogP contribution < -0.4 is 10.1 Å². The van der Waals surface area contributed by atoms with Crippen LogP contribution in [0.1, 0.15) is 56.6 Å². The van der Waals surface area contributed by atoms with Crippen molar-refractivity contribution in [2.45, 2.75) is 70.4 Å². The predicted octanol–water partition coefficient (Wildman–Crippen LogP) is 4.11. The molecule has 0 bridgehead atoms. The molecule has 2 heteroatoms. The van der Waals surface area contributed by atoms with Crippen molar-refractivity contribution in [2.75, 3.05) is 7.11 Å². The van der Waals surface area contributed by atoms with Gasteiger partial charge < -0.3 is 10.1 Å². The molecule has 116 valence electrons. The summed E-state index contributed by atoms with van der Waals surface area (Å²) in [6.07, 6.45) is 10.6. The topological polar surface area (TPSA) is 21.3 Å². The lowest BCUT2D eigenvalue weighted by molar-refractivity contribution is 0.362. The SMILES string of the molecule is COc1ccc2c(c1)CC(NC1CCCC(C)CC1)CC2. The minimum atomic E-state index is 0.656. The number of benzene rings is 1. The van der Waals surface area contributed by atoms with Crippen LogP contribution in [0.3, 0.4) is 0 Å². The van der Waals surface area contributed by atoms with Gasteiger partial charge in [0.05, 0.1) is 7.11 Å². The standard InChI is InChI=1S/C19H29NO/c1-14-4-3-5-17(9-6-14)20-18-10-7-15-8-11-19(21-2)13-16(15)12-18/h8,11,13-14,17-18,20H,3-7,9-10,12H2,1-2H3. The summed E-state index contributed by atoms with van der Waals surface area (Å²) in [5, 5.41) is 3.96. The van der Waals surface area contributed by atoms with E-state index in [4.69, 9.17) is 4.74 Å². The van der Waals surface area contributed by atoms with Crippen molar-refractivity contribution < 1.29 is 4.74 Å². The fourth-order valence-corrected chi connectivity index (χ4v) is 3.99. The van der Waals surface area contributed by atoms with Crippen molar-refractivity contribution in [2.24, 2.45) is 5.92 Å². The van der Waals surface area contributed by atoms with Gasteiger partial charge in [-0.1, -0.05) is 25.8 Å². The number of hydrogen-bond donors (Lipinski definition) is 1. The Labute approximate surface area is 129 Å². The molecule has 0 radical (unpaired) electrons. The van der Waals surface area contributed by atoms with Gasteiger partial charge in [0.2, 0.25) is 0 Å². The number of nitrogens with one attached hydrogen (secondary N) is 1. The van der Waals surface area contributed by atoms with Gasteiger partial charge in [-0.3, -0.25) is 0 Å². The molecule has 0 aromatic heterocycles. The maximum absolute atomic E-state index is 5.37. The highest BCUT2D eigenvalue weighted by Gasteiger charge is 2.23. The van der Waals surface area contributed by atoms with E-state index in [0.29, 0.717) is 6.04 Å². The van der Waals surface area contributed by atoms with Crippen LogP contribution in [0.5, 0.6) is 5.75 Å². The Hall–Kier alpha value is -1.02. The maximum Gasteiger partial charge on any atom is 0.119 e. The first kappa shape index (κ1) is 14.9. The van der Waals surface area contributed by atoms with Crippen LogP contribution in [0.2, 0.25) is 0 Å². The van der Waals surface area contributed by atoms with E-state index in [2.05, 4.69) is 30.4 Å². The summed E-state index contributed by atoms with van der Waals surface area (Å²) in [6.45, 7) is 2.41. The van der Waals surface area contributed by atoms with Gasteiger partial charge in [0.1, 0.15) is 5.75 Å². The molecule has 21 heavy (non-hydrogen) atoms. The lowest BCUT2D eigenvalue weighted by atomic mass is 9.87. The molecule has 0 heterocycles. The maximum atomic E-state index is 5.37. The highest BCUT2D eigenvalue weighted by molar-refractivity contribution is 5.37. The number of hydrogen-bond acceptors (Lipinski definition) is 2. The molecule has 3 rings (SSSR count). The first-order chi connectivity index (χ1) is 10.2. The van der Waals surface area contributed by atoms with Gasteiger partial charge in [-0.05, 0) is 67.7 Å². The molecule has 2 aliphatic carbocycles. The minimum Gasteiger partial charge on any atom is -0.497 e. The number of methoxy groups -OCH3 is 1. The molecule has 1 aromatic carbocycles. The molecule has 2 nitrogen and oxygen atoms in total. The quantitative estimate of drug-likeness (QED) is 0.845. The molecule has 0 spiro atoms. The zero-order valence-electron chi connectivity index (χ0n) is 13.5. The van der Waals surface area contributed by atoms with Crippen LogP contribution in [0, 0.1) is 5.92 Å². The van der Waals surface area contributed by atoms with Gasteiger partial charge in [0, 0.05) is 12.1 Å². The molecule has 1 N–H and O–H groups in total. The van der Waals surface area contributed by atoms with Crippen LogP contribution in [0.25, 0.3) is 0 Å². The Morgan fingerprint density at radius 2 is 1.90 bits per heavy atom. The van der Waals surface area contributed by atoms with E-state index in [9.17, 15) is 0 Å². The molecular formula is C19H29NO. The van der Waals surface area contributed by atoms with Crippen molar-refractivity contribution in [3.8, 4) is 5.75 Å². The summed E-state index contributed by atoms with van der Waals surface area (Å²) in [4.78, 5) is 0. The molecule has 0 aliphatic heterocycles. The Kier molecular flexibility index (Phi) is 4.84. The number of ether oxygens (including phenoxy) is 1. The summed E-state index contributed by atoms with van der Waals surface area (Å²) in [7, 11) is 1.76. The fraction of sp³-hybridized carbons (Fsp3) is 0.684. The Bertz CT molecular complexity index is 471. The second-order valence-electron chi connectivity index (χ2n) is 7.05. The second-order valence-corrected chi connectivity index (χ2v) is 7.05. The molecule has 0 amide bonds. The summed E-state index contributed by atoms with van der Waals surface area (Å²) >= 11 is 0. The molecule has 3 atom stereocenters. The third kappa shape index (κ3) is 3.79. The third-order valence-corrected chi connectivity index (χ3v) is 5.37. The lowest BCUT2D eigenvalue weighted by Gasteiger charge is -2.30. The predicted molar refractivity (Wildman–Crippen MR) is 88.0 cm³/mol. The van der Waals surface area contributed by atoms with Crippen LogP contribution >= 0.6 is 0 Å². The van der Waals surface area contributed by atoms with Crippen molar-refractivity contribution >= 4 is 0 Å². The highest BCUT2D eigenvalue weighted by atomic mass is 16.5. The first-order valence-electron chi connectivity index (χ1n) is 8.66. The Morgan fingerprint density at radius 3 is 2.76 bits per heavy atom. The minimum absolute atomic E-state index is 0.656. The molecule has 1 fully saturated rings. The molecule has 3 unspecified atom stereocenters. The molecule has 2 aliphatic rings. The second kappa shape index (κ2) is 6.83. The third-order valence-electron chi connectivity index (χ3n) is 5.37. The average Bonchev–Trinajstić information content (AvgIpc) is 2.71. The van der Waals surface area contributed by atoms with Crippen molar-refractivity contribution in [1.82, 2.24) is 5.32 Å². The summed E-state index contributed by atoms with van der Waals surface area (Å²) in [6, 6.07) is 7.98. The van der Waals surface area contributed by atoms with Gasteiger partial charge >= 0.3 is 0 Å². The largest absolute Gasteiger partial charge is 0.497 e. The van der Waals surface area contributed by atoms with Crippen LogP contribution in [0.4, 0.5) is 0 Å². The number of aryl methyl sites for hydroxylation is 1. The van der Waals surface area contributed by atoms with Crippen LogP contribution in [0.15, 0.2) is 18.2 Å². The molecular weight excluding hydrogens is 258 g/mol. The van der Waals surface area contributed by atoms with Gasteiger partial charge in [-0.2, -0.15) is 0 Å². The number of fused-ring (bicyclic) bond motifs is 1. The number of rotatable bonds is 3. The first-order valence-corrected chi connectivity index (χ1v) is 8.66. The van der Waals surface area contributed by atoms with Gasteiger partial charge in [0.25, 0.3) is 0 Å². The summed E-state index contributed by atoms with van der Waals surface area (Å²) < 4.78 is 5.37.